The largest absolute Gasteiger partial charge is 1.00 e. The van der Waals surface area contributed by atoms with E-state index in [2.05, 4.69) is 27.7 Å². The van der Waals surface area contributed by atoms with Gasteiger partial charge in [0.2, 0.25) is 0 Å². The van der Waals surface area contributed by atoms with E-state index in [9.17, 15) is 0 Å². The van der Waals surface area contributed by atoms with Crippen LogP contribution in [-0.2, 0) is 17.1 Å². The smallest absolute Gasteiger partial charge is 0.652 e. The van der Waals surface area contributed by atoms with Crippen LogP contribution in [0.25, 0.3) is 5.32 Å². The van der Waals surface area contributed by atoms with E-state index in [4.69, 9.17) is 17.2 Å². The average Bonchev–Trinajstić information content (AvgIpc) is 1.86. The summed E-state index contributed by atoms with van der Waals surface area (Å²) < 4.78 is 0. The number of hydrogen-bond acceptors (Lipinski definition) is 1. The van der Waals surface area contributed by atoms with Crippen molar-refractivity contribution in [2.45, 2.75) is 58.0 Å². The summed E-state index contributed by atoms with van der Waals surface area (Å²) in [6.07, 6.45) is 3.86. The van der Waals surface area contributed by atoms with Gasteiger partial charge in [0.05, 0.1) is 0 Å². The fourth-order valence-corrected chi connectivity index (χ4v) is 1.88. The zero-order valence-electron chi connectivity index (χ0n) is 11.8. The minimum atomic E-state index is 0. The van der Waals surface area contributed by atoms with E-state index in [-0.39, 0.29) is 73.3 Å². The molecule has 0 aliphatic carbocycles. The first kappa shape index (κ1) is 30.3. The summed E-state index contributed by atoms with van der Waals surface area (Å²) in [5.41, 5.74) is 0.476. The monoisotopic (exact) mass is 258 g/mol. The molecule has 0 atom stereocenters. The van der Waals surface area contributed by atoms with Crippen molar-refractivity contribution in [1.29, 1.82) is 5.26 Å². The topological polar surface area (TPSA) is 37.9 Å². The van der Waals surface area contributed by atoms with Gasteiger partial charge in [0, 0.05) is 0 Å². The minimum absolute atomic E-state index is 0. The summed E-state index contributed by atoms with van der Waals surface area (Å²) in [6, 6.07) is 0. The van der Waals surface area contributed by atoms with Gasteiger partial charge >= 0.3 is 54.8 Å². The molecule has 1 heterocycles. The van der Waals surface area contributed by atoms with Gasteiger partial charge in [0.15, 0.2) is 0 Å². The van der Waals surface area contributed by atoms with Crippen LogP contribution in [0.4, 0.5) is 0 Å². The van der Waals surface area contributed by atoms with E-state index >= 15 is 0 Å². The molecule has 0 saturated carbocycles. The van der Waals surface area contributed by atoms with E-state index in [1.165, 1.54) is 19.3 Å². The van der Waals surface area contributed by atoms with Gasteiger partial charge in [0.25, 0.3) is 0 Å². The van der Waals surface area contributed by atoms with Crippen LogP contribution < -0.4 is 37.7 Å². The predicted octanol–water partition coefficient (Wildman–Crippen LogP) is -2.35. The normalized spacial score (nSPS) is 18.9. The molecule has 0 spiro atoms. The summed E-state index contributed by atoms with van der Waals surface area (Å²) in [7, 11) is 0. The molecule has 88 valence electrons. The SMILES string of the molecule is CC1(C)CCCC(C)(C)[N-]1.[C-]#N.[CH3-].[Cu+].[Li+].[Li+]. The number of rotatable bonds is 0. The van der Waals surface area contributed by atoms with Gasteiger partial charge in [-0.2, -0.15) is 0 Å². The van der Waals surface area contributed by atoms with Crippen molar-refractivity contribution in [3.05, 3.63) is 19.3 Å². The maximum Gasteiger partial charge on any atom is 1.00 e. The Balaban J connectivity index is -0.0000000637. The Morgan fingerprint density at radius 2 is 1.19 bits per heavy atom. The molecular formula is C11H21CuLi2N2. The summed E-state index contributed by atoms with van der Waals surface area (Å²) in [6.45, 7) is 13.7. The van der Waals surface area contributed by atoms with Crippen LogP contribution in [0.2, 0.25) is 0 Å². The molecule has 2 nitrogen and oxygen atoms in total. The Hall–Kier alpha value is 1.16. The van der Waals surface area contributed by atoms with Crippen molar-refractivity contribution in [3.8, 4) is 0 Å². The van der Waals surface area contributed by atoms with Crippen LogP contribution in [0.5, 0.6) is 0 Å². The Kier molecular flexibility index (Phi) is 23.9. The first-order valence-electron chi connectivity index (χ1n) is 4.38. The van der Waals surface area contributed by atoms with E-state index < -0.39 is 0 Å². The quantitative estimate of drug-likeness (QED) is 0.354. The molecule has 0 amide bonds. The second-order valence-corrected chi connectivity index (χ2v) is 4.59. The second kappa shape index (κ2) is 12.6. The Bertz CT molecular complexity index is 157. The van der Waals surface area contributed by atoms with Crippen molar-refractivity contribution < 1.29 is 54.8 Å². The maximum atomic E-state index is 6.25. The van der Waals surface area contributed by atoms with Gasteiger partial charge in [-0.15, -0.1) is 11.1 Å². The molecule has 16 heavy (non-hydrogen) atoms. The Morgan fingerprint density at radius 3 is 1.31 bits per heavy atom. The van der Waals surface area contributed by atoms with Gasteiger partial charge in [-0.3, -0.25) is 0 Å². The van der Waals surface area contributed by atoms with Crippen LogP contribution in [0.3, 0.4) is 0 Å². The van der Waals surface area contributed by atoms with Crippen LogP contribution >= 0.6 is 0 Å². The molecule has 0 N–H and O–H groups in total. The third kappa shape index (κ3) is 13.2. The molecule has 1 fully saturated rings. The van der Waals surface area contributed by atoms with Crippen LogP contribution in [0.15, 0.2) is 0 Å². The molecule has 0 unspecified atom stereocenters. The first-order chi connectivity index (χ1) is 5.41. The molecule has 0 aromatic rings. The van der Waals surface area contributed by atoms with Gasteiger partial charge in [-0.05, 0) is 0 Å². The number of hydrogen-bond donors (Lipinski definition) is 0. The number of nitrogens with zero attached hydrogens (tertiary/aromatic N) is 2. The van der Waals surface area contributed by atoms with E-state index in [0.717, 1.165) is 0 Å². The minimum Gasteiger partial charge on any atom is -0.652 e. The van der Waals surface area contributed by atoms with E-state index in [1.807, 2.05) is 0 Å². The molecule has 1 aliphatic heterocycles. The third-order valence-electron chi connectivity index (χ3n) is 2.18. The molecule has 5 heteroatoms. The molecular weight excluding hydrogens is 238 g/mol. The summed E-state index contributed by atoms with van der Waals surface area (Å²) in [5, 5.41) is 11.0. The molecule has 1 rings (SSSR count). The Morgan fingerprint density at radius 1 is 0.938 bits per heavy atom. The van der Waals surface area contributed by atoms with Crippen molar-refractivity contribution in [2.75, 3.05) is 0 Å². The standard InChI is InChI=1S/C9H18N.CN.CH3.Cu.2Li/c1-8(2)6-5-7-9(3,4)10-8;1-2;;;;/h5-7H2,1-4H3;;1H3;;;/q3*-1;3*+1. The Labute approximate surface area is 137 Å². The summed E-state index contributed by atoms with van der Waals surface area (Å²) in [5.74, 6) is 0. The summed E-state index contributed by atoms with van der Waals surface area (Å²) >= 11 is 0. The first-order valence-corrected chi connectivity index (χ1v) is 4.38. The van der Waals surface area contributed by atoms with Crippen LogP contribution in [-0.4, -0.2) is 11.1 Å². The zero-order chi connectivity index (χ0) is 9.83. The zero-order valence-corrected chi connectivity index (χ0v) is 12.8. The fourth-order valence-electron chi connectivity index (χ4n) is 1.88. The van der Waals surface area contributed by atoms with Gasteiger partial charge in [0.1, 0.15) is 0 Å². The van der Waals surface area contributed by atoms with Crippen molar-refractivity contribution >= 4 is 0 Å². The van der Waals surface area contributed by atoms with Gasteiger partial charge < -0.3 is 24.6 Å². The molecule has 0 bridgehead atoms. The molecule has 1 saturated heterocycles. The molecule has 0 aromatic heterocycles. The van der Waals surface area contributed by atoms with Crippen LogP contribution in [0.1, 0.15) is 47.0 Å². The van der Waals surface area contributed by atoms with Crippen molar-refractivity contribution in [3.63, 3.8) is 0 Å². The fraction of sp³-hybridized carbons (Fsp3) is 0.818. The van der Waals surface area contributed by atoms with E-state index in [1.54, 1.807) is 0 Å². The van der Waals surface area contributed by atoms with Gasteiger partial charge in [-0.25, -0.2) is 0 Å². The maximum absolute atomic E-state index is 6.25. The van der Waals surface area contributed by atoms with Crippen molar-refractivity contribution in [2.24, 2.45) is 0 Å². The molecule has 0 aromatic carbocycles. The predicted molar refractivity (Wildman–Crippen MR) is 56.8 cm³/mol. The summed E-state index contributed by atoms with van der Waals surface area (Å²) in [4.78, 5) is 0. The molecule has 0 radical (unpaired) electrons. The number of piperidine rings is 1. The van der Waals surface area contributed by atoms with E-state index in [0.29, 0.717) is 0 Å². The second-order valence-electron chi connectivity index (χ2n) is 4.59. The molecule has 1 aliphatic rings. The third-order valence-corrected chi connectivity index (χ3v) is 2.18. The average molecular weight is 259 g/mol. The van der Waals surface area contributed by atoms with Crippen LogP contribution in [0, 0.1) is 19.3 Å². The van der Waals surface area contributed by atoms with Crippen molar-refractivity contribution in [1.82, 2.24) is 0 Å². The van der Waals surface area contributed by atoms with Gasteiger partial charge in [-0.1, -0.05) is 47.0 Å².